The summed E-state index contributed by atoms with van der Waals surface area (Å²) >= 11 is 0. The van der Waals surface area contributed by atoms with Crippen molar-refractivity contribution in [3.63, 3.8) is 0 Å². The Morgan fingerprint density at radius 3 is 3.06 bits per heavy atom. The third-order valence-electron chi connectivity index (χ3n) is 2.85. The topological polar surface area (TPSA) is 47.6 Å². The van der Waals surface area contributed by atoms with Gasteiger partial charge in [-0.2, -0.15) is 0 Å². The van der Waals surface area contributed by atoms with Crippen LogP contribution in [0.15, 0.2) is 0 Å². The fourth-order valence-corrected chi connectivity index (χ4v) is 1.89. The summed E-state index contributed by atoms with van der Waals surface area (Å²) < 4.78 is 10.2. The lowest BCUT2D eigenvalue weighted by atomic mass is 10.1. The number of hydrogen-bond acceptors (Lipinski definition) is 4. The third kappa shape index (κ3) is 5.47. The SMILES string of the molecule is CCOC(=O)CC(C)NCCC1CCOC1. The van der Waals surface area contributed by atoms with Crippen LogP contribution in [0, 0.1) is 5.92 Å². The molecular formula is C12H23NO3. The van der Waals surface area contributed by atoms with Crippen molar-refractivity contribution in [3.8, 4) is 0 Å². The van der Waals surface area contributed by atoms with Crippen molar-refractivity contribution in [1.29, 1.82) is 0 Å². The number of nitrogens with one attached hydrogen (secondary N) is 1. The second kappa shape index (κ2) is 7.63. The van der Waals surface area contributed by atoms with E-state index in [1.807, 2.05) is 13.8 Å². The maximum absolute atomic E-state index is 11.2. The third-order valence-corrected chi connectivity index (χ3v) is 2.85. The van der Waals surface area contributed by atoms with E-state index in [4.69, 9.17) is 9.47 Å². The number of esters is 1. The van der Waals surface area contributed by atoms with Gasteiger partial charge >= 0.3 is 5.97 Å². The summed E-state index contributed by atoms with van der Waals surface area (Å²) in [6, 6.07) is 0.196. The number of ether oxygens (including phenoxy) is 2. The minimum atomic E-state index is -0.119. The van der Waals surface area contributed by atoms with Crippen LogP contribution >= 0.6 is 0 Å². The standard InChI is InChI=1S/C12H23NO3/c1-3-16-12(14)8-10(2)13-6-4-11-5-7-15-9-11/h10-11,13H,3-9H2,1-2H3. The summed E-state index contributed by atoms with van der Waals surface area (Å²) in [6.07, 6.45) is 2.76. The Balaban J connectivity index is 2.00. The van der Waals surface area contributed by atoms with Gasteiger partial charge in [-0.05, 0) is 39.2 Å². The summed E-state index contributed by atoms with van der Waals surface area (Å²) in [4.78, 5) is 11.2. The van der Waals surface area contributed by atoms with Crippen LogP contribution in [0.2, 0.25) is 0 Å². The molecule has 0 bridgehead atoms. The van der Waals surface area contributed by atoms with E-state index >= 15 is 0 Å². The lowest BCUT2D eigenvalue weighted by molar-refractivity contribution is -0.143. The fourth-order valence-electron chi connectivity index (χ4n) is 1.89. The molecule has 0 radical (unpaired) electrons. The van der Waals surface area contributed by atoms with Gasteiger partial charge in [-0.1, -0.05) is 0 Å². The minimum Gasteiger partial charge on any atom is -0.466 e. The molecule has 1 aliphatic rings. The predicted molar refractivity (Wildman–Crippen MR) is 62.3 cm³/mol. The number of carbonyl (C=O) groups is 1. The van der Waals surface area contributed by atoms with Crippen LogP contribution in [-0.2, 0) is 14.3 Å². The van der Waals surface area contributed by atoms with Gasteiger partial charge in [0.2, 0.25) is 0 Å². The van der Waals surface area contributed by atoms with Crippen LogP contribution in [0.1, 0.15) is 33.1 Å². The maximum atomic E-state index is 11.2. The van der Waals surface area contributed by atoms with Crippen molar-refractivity contribution in [2.24, 2.45) is 5.92 Å². The maximum Gasteiger partial charge on any atom is 0.307 e. The molecule has 0 amide bonds. The van der Waals surface area contributed by atoms with E-state index in [9.17, 15) is 4.79 Å². The van der Waals surface area contributed by atoms with E-state index in [-0.39, 0.29) is 12.0 Å². The first-order valence-corrected chi connectivity index (χ1v) is 6.19. The molecule has 0 aromatic rings. The highest BCUT2D eigenvalue weighted by Gasteiger charge is 2.15. The van der Waals surface area contributed by atoms with Crippen LogP contribution in [0.5, 0.6) is 0 Å². The van der Waals surface area contributed by atoms with Crippen LogP contribution in [0.25, 0.3) is 0 Å². The quantitative estimate of drug-likeness (QED) is 0.669. The minimum absolute atomic E-state index is 0.119. The zero-order chi connectivity index (χ0) is 11.8. The lowest BCUT2D eigenvalue weighted by Crippen LogP contribution is -2.31. The molecule has 16 heavy (non-hydrogen) atoms. The van der Waals surface area contributed by atoms with Crippen molar-refractivity contribution in [2.75, 3.05) is 26.4 Å². The molecule has 0 aliphatic carbocycles. The summed E-state index contributed by atoms with van der Waals surface area (Å²) in [6.45, 7) is 7.06. The van der Waals surface area contributed by atoms with Gasteiger partial charge in [-0.25, -0.2) is 0 Å². The molecule has 0 saturated carbocycles. The van der Waals surface area contributed by atoms with Crippen molar-refractivity contribution in [2.45, 2.75) is 39.2 Å². The summed E-state index contributed by atoms with van der Waals surface area (Å²) in [5, 5.41) is 3.34. The monoisotopic (exact) mass is 229 g/mol. The second-order valence-electron chi connectivity index (χ2n) is 4.38. The summed E-state index contributed by atoms with van der Waals surface area (Å²) in [5.74, 6) is 0.578. The molecule has 0 aromatic heterocycles. The van der Waals surface area contributed by atoms with Crippen molar-refractivity contribution < 1.29 is 14.3 Å². The van der Waals surface area contributed by atoms with E-state index in [0.29, 0.717) is 18.9 Å². The van der Waals surface area contributed by atoms with Crippen LogP contribution in [-0.4, -0.2) is 38.4 Å². The van der Waals surface area contributed by atoms with Crippen molar-refractivity contribution in [3.05, 3.63) is 0 Å². The molecule has 94 valence electrons. The van der Waals surface area contributed by atoms with Crippen LogP contribution in [0.3, 0.4) is 0 Å². The van der Waals surface area contributed by atoms with E-state index in [0.717, 1.165) is 26.2 Å². The van der Waals surface area contributed by atoms with Gasteiger partial charge in [0.15, 0.2) is 0 Å². The van der Waals surface area contributed by atoms with Gasteiger partial charge in [0.25, 0.3) is 0 Å². The first-order chi connectivity index (χ1) is 7.72. The Morgan fingerprint density at radius 1 is 1.62 bits per heavy atom. The number of rotatable bonds is 7. The average molecular weight is 229 g/mol. The van der Waals surface area contributed by atoms with Crippen LogP contribution in [0.4, 0.5) is 0 Å². The lowest BCUT2D eigenvalue weighted by Gasteiger charge is -2.14. The van der Waals surface area contributed by atoms with Gasteiger partial charge in [-0.3, -0.25) is 4.79 Å². The van der Waals surface area contributed by atoms with Gasteiger partial charge in [-0.15, -0.1) is 0 Å². The summed E-state index contributed by atoms with van der Waals surface area (Å²) in [7, 11) is 0. The van der Waals surface area contributed by atoms with Gasteiger partial charge < -0.3 is 14.8 Å². The van der Waals surface area contributed by atoms with Gasteiger partial charge in [0, 0.05) is 19.3 Å². The van der Waals surface area contributed by atoms with Gasteiger partial charge in [0.05, 0.1) is 13.0 Å². The Morgan fingerprint density at radius 2 is 2.44 bits per heavy atom. The molecule has 4 heteroatoms. The molecule has 4 nitrogen and oxygen atoms in total. The van der Waals surface area contributed by atoms with Crippen molar-refractivity contribution >= 4 is 5.97 Å². The van der Waals surface area contributed by atoms with E-state index in [2.05, 4.69) is 5.32 Å². The molecular weight excluding hydrogens is 206 g/mol. The Labute approximate surface area is 97.7 Å². The first kappa shape index (κ1) is 13.5. The largest absolute Gasteiger partial charge is 0.466 e. The number of hydrogen-bond donors (Lipinski definition) is 1. The normalized spacial score (nSPS) is 22.0. The zero-order valence-electron chi connectivity index (χ0n) is 10.3. The molecule has 1 N–H and O–H groups in total. The molecule has 0 aromatic carbocycles. The predicted octanol–water partition coefficient (Wildman–Crippen LogP) is 1.34. The van der Waals surface area contributed by atoms with E-state index in [1.165, 1.54) is 6.42 Å². The molecule has 0 spiro atoms. The van der Waals surface area contributed by atoms with E-state index < -0.39 is 0 Å². The zero-order valence-corrected chi connectivity index (χ0v) is 10.3. The second-order valence-corrected chi connectivity index (χ2v) is 4.38. The molecule has 1 saturated heterocycles. The molecule has 1 fully saturated rings. The fraction of sp³-hybridized carbons (Fsp3) is 0.917. The molecule has 1 aliphatic heterocycles. The van der Waals surface area contributed by atoms with Crippen molar-refractivity contribution in [1.82, 2.24) is 5.32 Å². The highest BCUT2D eigenvalue weighted by molar-refractivity contribution is 5.69. The Kier molecular flexibility index (Phi) is 6.42. The molecule has 1 rings (SSSR count). The first-order valence-electron chi connectivity index (χ1n) is 6.19. The molecule has 2 unspecified atom stereocenters. The van der Waals surface area contributed by atoms with Crippen LogP contribution < -0.4 is 5.32 Å². The highest BCUT2D eigenvalue weighted by Crippen LogP contribution is 2.15. The van der Waals surface area contributed by atoms with E-state index in [1.54, 1.807) is 0 Å². The smallest absolute Gasteiger partial charge is 0.307 e. The summed E-state index contributed by atoms with van der Waals surface area (Å²) in [5.41, 5.74) is 0. The van der Waals surface area contributed by atoms with Gasteiger partial charge in [0.1, 0.15) is 0 Å². The average Bonchev–Trinajstić information content (AvgIpc) is 2.70. The Bertz CT molecular complexity index is 202. The Hall–Kier alpha value is -0.610. The number of carbonyl (C=O) groups excluding carboxylic acids is 1. The molecule has 2 atom stereocenters. The molecule has 1 heterocycles. The highest BCUT2D eigenvalue weighted by atomic mass is 16.5.